The van der Waals surface area contributed by atoms with E-state index in [1.807, 2.05) is 24.3 Å². The summed E-state index contributed by atoms with van der Waals surface area (Å²) < 4.78 is 5.72. The summed E-state index contributed by atoms with van der Waals surface area (Å²) in [6.45, 7) is 1.90. The van der Waals surface area contributed by atoms with Crippen molar-refractivity contribution in [3.63, 3.8) is 0 Å². The fraction of sp³-hybridized carbons (Fsp3) is 0.625. The van der Waals surface area contributed by atoms with Crippen molar-refractivity contribution in [1.29, 1.82) is 0 Å². The average molecular weight is 262 g/mol. The van der Waals surface area contributed by atoms with E-state index in [4.69, 9.17) is 10.5 Å². The van der Waals surface area contributed by atoms with Crippen molar-refractivity contribution in [3.8, 4) is 5.75 Å². The Morgan fingerprint density at radius 1 is 1.16 bits per heavy atom. The average Bonchev–Trinajstić information content (AvgIpc) is 2.46. The van der Waals surface area contributed by atoms with Gasteiger partial charge in [-0.25, -0.2) is 0 Å². The van der Waals surface area contributed by atoms with Crippen molar-refractivity contribution in [3.05, 3.63) is 24.3 Å². The Hall–Kier alpha value is -1.22. The van der Waals surface area contributed by atoms with Gasteiger partial charge in [0.25, 0.3) is 0 Å². The zero-order valence-electron chi connectivity index (χ0n) is 12.0. The highest BCUT2D eigenvalue weighted by molar-refractivity contribution is 5.41. The highest BCUT2D eigenvalue weighted by Gasteiger charge is 2.17. The summed E-state index contributed by atoms with van der Waals surface area (Å²) in [4.78, 5) is 2.51. The van der Waals surface area contributed by atoms with Gasteiger partial charge in [-0.2, -0.15) is 0 Å². The van der Waals surface area contributed by atoms with E-state index in [9.17, 15) is 0 Å². The van der Waals surface area contributed by atoms with Gasteiger partial charge in [-0.3, -0.25) is 0 Å². The molecule has 0 unspecified atom stereocenters. The van der Waals surface area contributed by atoms with Crippen molar-refractivity contribution in [1.82, 2.24) is 4.90 Å². The molecule has 1 aromatic carbocycles. The molecule has 1 fully saturated rings. The van der Waals surface area contributed by atoms with Crippen LogP contribution in [-0.4, -0.2) is 31.1 Å². The molecule has 0 aliphatic heterocycles. The third-order valence-electron chi connectivity index (χ3n) is 4.00. The van der Waals surface area contributed by atoms with E-state index in [-0.39, 0.29) is 0 Å². The lowest BCUT2D eigenvalue weighted by Crippen LogP contribution is -2.34. The largest absolute Gasteiger partial charge is 0.494 e. The molecule has 1 aliphatic carbocycles. The first-order valence-electron chi connectivity index (χ1n) is 7.44. The van der Waals surface area contributed by atoms with Crippen molar-refractivity contribution in [2.75, 3.05) is 25.9 Å². The third kappa shape index (κ3) is 4.75. The molecular weight excluding hydrogens is 236 g/mol. The van der Waals surface area contributed by atoms with Crippen molar-refractivity contribution in [2.24, 2.45) is 0 Å². The monoisotopic (exact) mass is 262 g/mol. The van der Waals surface area contributed by atoms with Crippen LogP contribution in [0, 0.1) is 0 Å². The van der Waals surface area contributed by atoms with Gasteiger partial charge in [-0.15, -0.1) is 0 Å². The molecule has 0 aromatic heterocycles. The second-order valence-corrected chi connectivity index (χ2v) is 5.54. The van der Waals surface area contributed by atoms with Gasteiger partial charge in [-0.1, -0.05) is 19.3 Å². The summed E-state index contributed by atoms with van der Waals surface area (Å²) in [5.74, 6) is 0.912. The molecule has 0 bridgehead atoms. The van der Waals surface area contributed by atoms with Crippen LogP contribution in [-0.2, 0) is 0 Å². The number of nitrogen functional groups attached to an aromatic ring is 1. The SMILES string of the molecule is CN(CCCOc1ccc(N)cc1)C1CCCCC1. The van der Waals surface area contributed by atoms with Gasteiger partial charge in [0, 0.05) is 18.3 Å². The smallest absolute Gasteiger partial charge is 0.119 e. The molecule has 0 spiro atoms. The summed E-state index contributed by atoms with van der Waals surface area (Å²) in [6.07, 6.45) is 8.04. The predicted molar refractivity (Wildman–Crippen MR) is 80.5 cm³/mol. The maximum Gasteiger partial charge on any atom is 0.119 e. The Kier molecular flexibility index (Phi) is 5.52. The molecule has 3 heteroatoms. The van der Waals surface area contributed by atoms with E-state index in [0.29, 0.717) is 0 Å². The Morgan fingerprint density at radius 3 is 2.53 bits per heavy atom. The molecule has 3 nitrogen and oxygen atoms in total. The molecule has 0 atom stereocenters. The minimum Gasteiger partial charge on any atom is -0.494 e. The zero-order chi connectivity index (χ0) is 13.5. The van der Waals surface area contributed by atoms with Gasteiger partial charge in [-0.05, 0) is 50.6 Å². The number of ether oxygens (including phenoxy) is 1. The van der Waals surface area contributed by atoms with Gasteiger partial charge in [0.2, 0.25) is 0 Å². The van der Waals surface area contributed by atoms with E-state index in [1.54, 1.807) is 0 Å². The zero-order valence-corrected chi connectivity index (χ0v) is 12.0. The van der Waals surface area contributed by atoms with Crippen LogP contribution in [0.15, 0.2) is 24.3 Å². The van der Waals surface area contributed by atoms with E-state index >= 15 is 0 Å². The van der Waals surface area contributed by atoms with Crippen molar-refractivity contribution < 1.29 is 4.74 Å². The van der Waals surface area contributed by atoms with Crippen molar-refractivity contribution >= 4 is 5.69 Å². The Balaban J connectivity index is 1.62. The summed E-state index contributed by atoms with van der Waals surface area (Å²) in [7, 11) is 2.25. The van der Waals surface area contributed by atoms with Crippen LogP contribution in [0.1, 0.15) is 38.5 Å². The Morgan fingerprint density at radius 2 is 1.84 bits per heavy atom. The van der Waals surface area contributed by atoms with Gasteiger partial charge in [0.15, 0.2) is 0 Å². The fourth-order valence-corrected chi connectivity index (χ4v) is 2.77. The highest BCUT2D eigenvalue weighted by atomic mass is 16.5. The number of nitrogens with two attached hydrogens (primary N) is 1. The minimum absolute atomic E-state index is 0.779. The van der Waals surface area contributed by atoms with E-state index in [0.717, 1.165) is 37.1 Å². The highest BCUT2D eigenvalue weighted by Crippen LogP contribution is 2.21. The van der Waals surface area contributed by atoms with Crippen LogP contribution in [0.2, 0.25) is 0 Å². The van der Waals surface area contributed by atoms with E-state index in [1.165, 1.54) is 32.1 Å². The summed E-state index contributed by atoms with van der Waals surface area (Å²) in [5.41, 5.74) is 6.42. The fourth-order valence-electron chi connectivity index (χ4n) is 2.77. The molecule has 2 rings (SSSR count). The molecule has 0 saturated heterocycles. The van der Waals surface area contributed by atoms with Gasteiger partial charge < -0.3 is 15.4 Å². The van der Waals surface area contributed by atoms with Crippen LogP contribution < -0.4 is 10.5 Å². The number of anilines is 1. The van der Waals surface area contributed by atoms with Crippen LogP contribution in [0.3, 0.4) is 0 Å². The number of benzene rings is 1. The number of rotatable bonds is 6. The van der Waals surface area contributed by atoms with Gasteiger partial charge >= 0.3 is 0 Å². The molecule has 1 saturated carbocycles. The van der Waals surface area contributed by atoms with E-state index < -0.39 is 0 Å². The first kappa shape index (κ1) is 14.2. The molecule has 19 heavy (non-hydrogen) atoms. The molecule has 0 radical (unpaired) electrons. The lowest BCUT2D eigenvalue weighted by atomic mass is 9.94. The number of nitrogens with zero attached hydrogens (tertiary/aromatic N) is 1. The standard InChI is InChI=1S/C16H26N2O/c1-18(15-6-3-2-4-7-15)12-5-13-19-16-10-8-14(17)9-11-16/h8-11,15H,2-7,12-13,17H2,1H3. The van der Waals surface area contributed by atoms with Crippen LogP contribution >= 0.6 is 0 Å². The maximum atomic E-state index is 5.72. The van der Waals surface area contributed by atoms with Gasteiger partial charge in [0.1, 0.15) is 5.75 Å². The molecule has 0 heterocycles. The predicted octanol–water partition coefficient (Wildman–Crippen LogP) is 3.30. The summed E-state index contributed by atoms with van der Waals surface area (Å²) >= 11 is 0. The second-order valence-electron chi connectivity index (χ2n) is 5.54. The number of hydrogen-bond donors (Lipinski definition) is 1. The Labute approximate surface area is 116 Å². The molecule has 0 amide bonds. The van der Waals surface area contributed by atoms with Crippen molar-refractivity contribution in [2.45, 2.75) is 44.6 Å². The molecule has 2 N–H and O–H groups in total. The third-order valence-corrected chi connectivity index (χ3v) is 4.00. The van der Waals surface area contributed by atoms with Crippen LogP contribution in [0.4, 0.5) is 5.69 Å². The second kappa shape index (κ2) is 7.39. The summed E-state index contributed by atoms with van der Waals surface area (Å²) in [5, 5.41) is 0. The first-order chi connectivity index (χ1) is 9.25. The van der Waals surface area contributed by atoms with Gasteiger partial charge in [0.05, 0.1) is 6.61 Å². The molecule has 1 aromatic rings. The maximum absolute atomic E-state index is 5.72. The lowest BCUT2D eigenvalue weighted by Gasteiger charge is -2.31. The Bertz CT molecular complexity index is 358. The molecule has 106 valence electrons. The lowest BCUT2D eigenvalue weighted by molar-refractivity contribution is 0.177. The summed E-state index contributed by atoms with van der Waals surface area (Å²) in [6, 6.07) is 8.41. The van der Waals surface area contributed by atoms with Crippen LogP contribution in [0.25, 0.3) is 0 Å². The molecular formula is C16H26N2O. The van der Waals surface area contributed by atoms with E-state index in [2.05, 4.69) is 11.9 Å². The quantitative estimate of drug-likeness (QED) is 0.631. The normalized spacial score (nSPS) is 16.7. The number of hydrogen-bond acceptors (Lipinski definition) is 3. The first-order valence-corrected chi connectivity index (χ1v) is 7.44. The minimum atomic E-state index is 0.779. The molecule has 1 aliphatic rings. The topological polar surface area (TPSA) is 38.5 Å². The van der Waals surface area contributed by atoms with Crippen LogP contribution in [0.5, 0.6) is 5.75 Å².